The quantitative estimate of drug-likeness (QED) is 0.300. The third kappa shape index (κ3) is 4.02. The maximum Gasteiger partial charge on any atom is 0.306 e. The number of esters is 1. The van der Waals surface area contributed by atoms with E-state index >= 15 is 0 Å². The van der Waals surface area contributed by atoms with Crippen LogP contribution in [0.2, 0.25) is 0 Å². The summed E-state index contributed by atoms with van der Waals surface area (Å²) in [6.07, 6.45) is 14.6. The van der Waals surface area contributed by atoms with Gasteiger partial charge in [0, 0.05) is 12.3 Å². The Morgan fingerprint density at radius 2 is 1.75 bits per heavy atom. The van der Waals surface area contributed by atoms with Crippen molar-refractivity contribution in [2.45, 2.75) is 113 Å². The van der Waals surface area contributed by atoms with Crippen molar-refractivity contribution in [3.8, 4) is 0 Å². The number of hydrogen-bond donors (Lipinski definition) is 1. The van der Waals surface area contributed by atoms with E-state index in [1.165, 1.54) is 23.6 Å². The van der Waals surface area contributed by atoms with E-state index in [-0.39, 0.29) is 45.6 Å². The summed E-state index contributed by atoms with van der Waals surface area (Å²) in [6, 6.07) is 0. The van der Waals surface area contributed by atoms with Crippen LogP contribution in [-0.4, -0.2) is 23.1 Å². The molecule has 200 valence electrons. The summed E-state index contributed by atoms with van der Waals surface area (Å²) in [4.78, 5) is 24.3. The fourth-order valence-corrected chi connectivity index (χ4v) is 9.12. The van der Waals surface area contributed by atoms with Crippen LogP contribution in [-0.2, 0) is 14.3 Å². The number of carbonyl (C=O) groups is 2. The molecule has 2 fully saturated rings. The summed E-state index contributed by atoms with van der Waals surface area (Å²) in [5, 5.41) is 10.3. The van der Waals surface area contributed by atoms with Gasteiger partial charge in [0.2, 0.25) is 0 Å². The zero-order valence-corrected chi connectivity index (χ0v) is 23.9. The SMILES string of the molecule is CC(=O)OC1CCC2(C)C3=CCC4(C)C(C(CCC=C(C)C)C(=O)O)CCC4(C)C3=CCC2C1(C)C. The number of allylic oxidation sites excluding steroid dienone is 6. The van der Waals surface area contributed by atoms with E-state index in [0.717, 1.165) is 51.4 Å². The summed E-state index contributed by atoms with van der Waals surface area (Å²) in [6.45, 7) is 17.5. The first-order valence-electron chi connectivity index (χ1n) is 14.1. The maximum absolute atomic E-state index is 12.5. The Balaban J connectivity index is 1.68. The highest BCUT2D eigenvalue weighted by Gasteiger charge is 2.64. The normalized spacial score (nSPS) is 39.5. The molecule has 0 aromatic carbocycles. The van der Waals surface area contributed by atoms with Gasteiger partial charge in [0.1, 0.15) is 6.10 Å². The lowest BCUT2D eigenvalue weighted by molar-refractivity contribution is -0.165. The topological polar surface area (TPSA) is 63.6 Å². The molecular weight excluding hydrogens is 448 g/mol. The monoisotopic (exact) mass is 496 g/mol. The maximum atomic E-state index is 12.5. The molecule has 1 N–H and O–H groups in total. The van der Waals surface area contributed by atoms with Gasteiger partial charge in [-0.3, -0.25) is 9.59 Å². The van der Waals surface area contributed by atoms with Crippen molar-refractivity contribution >= 4 is 11.9 Å². The fraction of sp³-hybridized carbons (Fsp3) is 0.750. The molecular formula is C32H48O4. The predicted octanol–water partition coefficient (Wildman–Crippen LogP) is 7.89. The summed E-state index contributed by atoms with van der Waals surface area (Å²) < 4.78 is 5.81. The summed E-state index contributed by atoms with van der Waals surface area (Å²) in [7, 11) is 0. The Morgan fingerprint density at radius 1 is 1.06 bits per heavy atom. The van der Waals surface area contributed by atoms with Gasteiger partial charge in [0.25, 0.3) is 0 Å². The fourth-order valence-electron chi connectivity index (χ4n) is 9.12. The van der Waals surface area contributed by atoms with Gasteiger partial charge in [0.05, 0.1) is 5.92 Å². The van der Waals surface area contributed by atoms with Gasteiger partial charge in [-0.25, -0.2) is 0 Å². The molecule has 0 bridgehead atoms. The lowest BCUT2D eigenvalue weighted by Crippen LogP contribution is -2.55. The lowest BCUT2D eigenvalue weighted by atomic mass is 9.44. The molecule has 4 nitrogen and oxygen atoms in total. The number of carboxylic acids is 1. The van der Waals surface area contributed by atoms with Gasteiger partial charge >= 0.3 is 11.9 Å². The molecule has 4 heteroatoms. The molecule has 36 heavy (non-hydrogen) atoms. The molecule has 0 aromatic rings. The van der Waals surface area contributed by atoms with Gasteiger partial charge in [-0.05, 0) is 104 Å². The minimum atomic E-state index is -0.627. The van der Waals surface area contributed by atoms with Crippen molar-refractivity contribution in [2.75, 3.05) is 0 Å². The largest absolute Gasteiger partial charge is 0.481 e. The van der Waals surface area contributed by atoms with Gasteiger partial charge < -0.3 is 9.84 Å². The van der Waals surface area contributed by atoms with E-state index in [1.54, 1.807) is 0 Å². The van der Waals surface area contributed by atoms with Gasteiger partial charge in [0.15, 0.2) is 0 Å². The number of aliphatic carboxylic acids is 1. The molecule has 4 aliphatic carbocycles. The Hall–Kier alpha value is -1.84. The second-order valence-corrected chi connectivity index (χ2v) is 13.8. The van der Waals surface area contributed by atoms with E-state index in [9.17, 15) is 14.7 Å². The first-order chi connectivity index (χ1) is 16.7. The molecule has 0 aliphatic heterocycles. The van der Waals surface area contributed by atoms with Crippen molar-refractivity contribution in [3.63, 3.8) is 0 Å². The van der Waals surface area contributed by atoms with Crippen LogP contribution in [0.1, 0.15) is 107 Å². The lowest BCUT2D eigenvalue weighted by Gasteiger charge is -2.61. The van der Waals surface area contributed by atoms with Crippen LogP contribution in [0, 0.1) is 39.4 Å². The molecule has 0 amide bonds. The molecule has 4 aliphatic rings. The molecule has 0 spiro atoms. The Bertz CT molecular complexity index is 1010. The first kappa shape index (κ1) is 27.2. The molecule has 4 rings (SSSR count). The average molecular weight is 497 g/mol. The second kappa shape index (κ2) is 9.17. The van der Waals surface area contributed by atoms with E-state index in [0.29, 0.717) is 5.92 Å². The number of hydrogen-bond acceptors (Lipinski definition) is 3. The van der Waals surface area contributed by atoms with E-state index in [2.05, 4.69) is 66.7 Å². The molecule has 0 aromatic heterocycles. The number of rotatable bonds is 6. The molecule has 0 saturated heterocycles. The van der Waals surface area contributed by atoms with Crippen molar-refractivity contribution in [2.24, 2.45) is 39.4 Å². The molecule has 0 heterocycles. The van der Waals surface area contributed by atoms with Crippen LogP contribution in [0.3, 0.4) is 0 Å². The van der Waals surface area contributed by atoms with Crippen LogP contribution < -0.4 is 0 Å². The molecule has 0 radical (unpaired) electrons. The summed E-state index contributed by atoms with van der Waals surface area (Å²) in [5.41, 5.74) is 4.16. The van der Waals surface area contributed by atoms with E-state index in [1.807, 2.05) is 0 Å². The Labute approximate surface area is 218 Å². The number of fused-ring (bicyclic) bond motifs is 5. The molecule has 2 saturated carbocycles. The third-order valence-electron chi connectivity index (χ3n) is 11.4. The zero-order chi connectivity index (χ0) is 26.7. The minimum Gasteiger partial charge on any atom is -0.481 e. The van der Waals surface area contributed by atoms with E-state index in [4.69, 9.17) is 4.74 Å². The smallest absolute Gasteiger partial charge is 0.306 e. The van der Waals surface area contributed by atoms with Gasteiger partial charge in [-0.15, -0.1) is 0 Å². The van der Waals surface area contributed by atoms with Crippen molar-refractivity contribution in [1.29, 1.82) is 0 Å². The number of carboxylic acid groups (broad SMARTS) is 1. The van der Waals surface area contributed by atoms with Crippen molar-refractivity contribution < 1.29 is 19.4 Å². The predicted molar refractivity (Wildman–Crippen MR) is 144 cm³/mol. The highest BCUT2D eigenvalue weighted by molar-refractivity contribution is 5.71. The number of carbonyl (C=O) groups excluding carboxylic acids is 1. The van der Waals surface area contributed by atoms with Crippen LogP contribution >= 0.6 is 0 Å². The van der Waals surface area contributed by atoms with Crippen LogP contribution in [0.5, 0.6) is 0 Å². The van der Waals surface area contributed by atoms with Crippen molar-refractivity contribution in [1.82, 2.24) is 0 Å². The number of ether oxygens (including phenoxy) is 1. The highest BCUT2D eigenvalue weighted by Crippen LogP contribution is 2.71. The zero-order valence-electron chi connectivity index (χ0n) is 23.9. The molecule has 7 unspecified atom stereocenters. The standard InChI is InChI=1S/C32H48O4/c1-20(2)10-9-11-22(28(34)35)23-14-18-32(8)25-12-13-26-29(4,5)27(36-21(3)33)16-17-30(26,6)24(25)15-19-31(23,32)7/h10,12,15,22-23,26-27H,9,11,13-14,16-19H2,1-8H3,(H,34,35). The minimum absolute atomic E-state index is 0.00316. The van der Waals surface area contributed by atoms with Gasteiger partial charge in [-0.2, -0.15) is 0 Å². The Morgan fingerprint density at radius 3 is 2.36 bits per heavy atom. The van der Waals surface area contributed by atoms with Crippen molar-refractivity contribution in [3.05, 3.63) is 34.9 Å². The third-order valence-corrected chi connectivity index (χ3v) is 11.4. The summed E-state index contributed by atoms with van der Waals surface area (Å²) in [5.74, 6) is -0.505. The van der Waals surface area contributed by atoms with Crippen LogP contribution in [0.4, 0.5) is 0 Å². The van der Waals surface area contributed by atoms with Crippen LogP contribution in [0.25, 0.3) is 0 Å². The van der Waals surface area contributed by atoms with Crippen LogP contribution in [0.15, 0.2) is 34.9 Å². The molecule has 7 atom stereocenters. The first-order valence-corrected chi connectivity index (χ1v) is 14.1. The highest BCUT2D eigenvalue weighted by atomic mass is 16.5. The van der Waals surface area contributed by atoms with E-state index < -0.39 is 5.97 Å². The Kier molecular flexibility index (Phi) is 6.93. The average Bonchev–Trinajstić information content (AvgIpc) is 3.04. The second-order valence-electron chi connectivity index (χ2n) is 13.8. The summed E-state index contributed by atoms with van der Waals surface area (Å²) >= 11 is 0. The van der Waals surface area contributed by atoms with Gasteiger partial charge in [-0.1, -0.05) is 58.4 Å².